The van der Waals surface area contributed by atoms with E-state index in [1.54, 1.807) is 6.08 Å². The molecule has 4 heteroatoms. The number of carbonyl (C=O) groups excluding carboxylic acids is 1. The van der Waals surface area contributed by atoms with Crippen molar-refractivity contribution in [2.45, 2.75) is 125 Å². The van der Waals surface area contributed by atoms with Crippen LogP contribution in [0.4, 0.5) is 0 Å². The molecule has 1 aromatic heterocycles. The first-order chi connectivity index (χ1) is 21.1. The van der Waals surface area contributed by atoms with Gasteiger partial charge in [0.15, 0.2) is 5.78 Å². The van der Waals surface area contributed by atoms with Crippen LogP contribution in [0.5, 0.6) is 0 Å². The van der Waals surface area contributed by atoms with Gasteiger partial charge >= 0.3 is 0 Å². The summed E-state index contributed by atoms with van der Waals surface area (Å²) < 4.78 is 0. The second-order valence-electron chi connectivity index (χ2n) is 14.7. The molecule has 0 atom stereocenters. The number of pyridine rings is 1. The van der Waals surface area contributed by atoms with Crippen molar-refractivity contribution in [3.63, 3.8) is 0 Å². The Bertz CT molecular complexity index is 1420. The fraction of sp³-hybridized carbons (Fsp3) is 0.571. The summed E-state index contributed by atoms with van der Waals surface area (Å²) in [7, 11) is 0. The Kier molecular flexibility index (Phi) is 14.7. The number of nitrogens with zero attached hydrogens (tertiary/aromatic N) is 1. The van der Waals surface area contributed by atoms with Gasteiger partial charge in [-0.3, -0.25) is 9.78 Å². The number of hydrogen-bond donors (Lipinski definition) is 1. The summed E-state index contributed by atoms with van der Waals surface area (Å²) >= 11 is 0. The fourth-order valence-electron chi connectivity index (χ4n) is 7.66. The molecule has 3 saturated carbocycles. The SMILES string of the molecule is C.CC1CCC(C(=O)C=C(O)C2CCC(C)CC2)CC1.Cc1[c-]c(-c2ccc3cc(C4CCC(C)CC4)ccc3n2)cc(C)c1.[Ir]. The molecule has 0 amide bonds. The molecule has 46 heavy (non-hydrogen) atoms. The molecular weight excluding hydrogens is 743 g/mol. The van der Waals surface area contributed by atoms with E-state index in [0.717, 1.165) is 79.0 Å². The minimum Gasteiger partial charge on any atom is -0.512 e. The molecule has 3 fully saturated rings. The first kappa shape index (κ1) is 38.2. The molecule has 1 radical (unpaired) electrons. The minimum atomic E-state index is 0. The van der Waals surface area contributed by atoms with Gasteiger partial charge in [-0.1, -0.05) is 98.8 Å². The zero-order chi connectivity index (χ0) is 31.2. The molecule has 3 aliphatic carbocycles. The predicted molar refractivity (Wildman–Crippen MR) is 191 cm³/mol. The van der Waals surface area contributed by atoms with Crippen LogP contribution in [0.25, 0.3) is 22.2 Å². The Labute approximate surface area is 293 Å². The summed E-state index contributed by atoms with van der Waals surface area (Å²) in [5.74, 6) is 4.10. The molecule has 1 heterocycles. The van der Waals surface area contributed by atoms with Crippen molar-refractivity contribution < 1.29 is 30.0 Å². The van der Waals surface area contributed by atoms with Crippen LogP contribution < -0.4 is 0 Å². The average molecular weight is 801 g/mol. The molecule has 0 spiro atoms. The van der Waals surface area contributed by atoms with Crippen molar-refractivity contribution in [3.8, 4) is 11.3 Å². The van der Waals surface area contributed by atoms with Crippen LogP contribution >= 0.6 is 0 Å². The Balaban J connectivity index is 0.000000249. The number of allylic oxidation sites excluding steroid dienone is 2. The van der Waals surface area contributed by atoms with E-state index in [4.69, 9.17) is 4.98 Å². The van der Waals surface area contributed by atoms with Crippen molar-refractivity contribution in [2.75, 3.05) is 0 Å². The molecule has 0 unspecified atom stereocenters. The summed E-state index contributed by atoms with van der Waals surface area (Å²) in [4.78, 5) is 17.1. The molecule has 2 aromatic carbocycles. The normalized spacial score (nSPS) is 26.6. The molecule has 6 rings (SSSR count). The van der Waals surface area contributed by atoms with Crippen molar-refractivity contribution in [3.05, 3.63) is 77.1 Å². The molecule has 3 aromatic rings. The summed E-state index contributed by atoms with van der Waals surface area (Å²) in [5, 5.41) is 11.4. The molecule has 0 aliphatic heterocycles. The van der Waals surface area contributed by atoms with Crippen molar-refractivity contribution in [1.82, 2.24) is 4.98 Å². The number of aryl methyl sites for hydroxylation is 2. The van der Waals surface area contributed by atoms with Crippen molar-refractivity contribution >= 4 is 16.7 Å². The van der Waals surface area contributed by atoms with Gasteiger partial charge in [0, 0.05) is 38.0 Å². The van der Waals surface area contributed by atoms with E-state index in [0.29, 0.717) is 5.76 Å². The van der Waals surface area contributed by atoms with E-state index in [1.807, 2.05) is 0 Å². The largest absolute Gasteiger partial charge is 0.512 e. The quantitative estimate of drug-likeness (QED) is 0.159. The van der Waals surface area contributed by atoms with Crippen LogP contribution in [0.15, 0.2) is 54.3 Å². The zero-order valence-corrected chi connectivity index (χ0v) is 30.6. The van der Waals surface area contributed by atoms with Crippen LogP contribution in [-0.4, -0.2) is 15.9 Å². The van der Waals surface area contributed by atoms with Gasteiger partial charge in [-0.15, -0.1) is 34.9 Å². The summed E-state index contributed by atoms with van der Waals surface area (Å²) in [5.41, 5.74) is 7.10. The second kappa shape index (κ2) is 17.7. The van der Waals surface area contributed by atoms with E-state index in [1.165, 1.54) is 60.6 Å². The summed E-state index contributed by atoms with van der Waals surface area (Å²) in [6, 6.07) is 19.0. The number of aliphatic hydroxyl groups excluding tert-OH is 1. The average Bonchev–Trinajstić information content (AvgIpc) is 3.01. The van der Waals surface area contributed by atoms with E-state index in [-0.39, 0.29) is 45.2 Å². The van der Waals surface area contributed by atoms with Crippen molar-refractivity contribution in [1.29, 1.82) is 0 Å². The standard InChI is InChI=1S/C24H26N.C17H28O2.CH4.Ir/c1-16-4-6-19(7-5-16)20-8-10-23-21(15-20)9-11-24(25-23)22-13-17(2)12-18(3)14-22;1-12-3-7-14(8-4-12)16(18)11-17(19)15-9-5-13(2)6-10-15;;/h8-13,15-16,19H,4-7H2,1-3H3;11-15,18H,3-10H2,1-2H3;1H4;/q-1;;;. The van der Waals surface area contributed by atoms with Gasteiger partial charge < -0.3 is 5.11 Å². The van der Waals surface area contributed by atoms with Crippen LogP contribution in [0, 0.1) is 49.5 Å². The monoisotopic (exact) mass is 801 g/mol. The molecule has 3 nitrogen and oxygen atoms in total. The number of benzene rings is 2. The predicted octanol–water partition coefficient (Wildman–Crippen LogP) is 11.9. The molecule has 3 aliphatic rings. The number of aromatic nitrogens is 1. The van der Waals surface area contributed by atoms with Gasteiger partial charge in [0.05, 0.1) is 11.3 Å². The Hall–Kier alpha value is -2.29. The third-order valence-corrected chi connectivity index (χ3v) is 10.8. The fourth-order valence-corrected chi connectivity index (χ4v) is 7.66. The molecule has 0 bridgehead atoms. The molecule has 253 valence electrons. The Morgan fingerprint density at radius 3 is 1.91 bits per heavy atom. The number of aliphatic hydroxyl groups is 1. The molecular formula is C42H58IrNO2-. The van der Waals surface area contributed by atoms with Gasteiger partial charge in [0.1, 0.15) is 0 Å². The van der Waals surface area contributed by atoms with Crippen LogP contribution in [-0.2, 0) is 24.9 Å². The smallest absolute Gasteiger partial charge is 0.162 e. The van der Waals surface area contributed by atoms with Gasteiger partial charge in [-0.05, 0) is 91.0 Å². The van der Waals surface area contributed by atoms with Gasteiger partial charge in [0.25, 0.3) is 0 Å². The maximum atomic E-state index is 12.2. The van der Waals surface area contributed by atoms with Crippen LogP contribution in [0.2, 0.25) is 0 Å². The van der Waals surface area contributed by atoms with E-state index in [2.05, 4.69) is 83.1 Å². The number of ketones is 1. The van der Waals surface area contributed by atoms with E-state index in [9.17, 15) is 9.90 Å². The molecule has 1 N–H and O–H groups in total. The van der Waals surface area contributed by atoms with Gasteiger partial charge in [0.2, 0.25) is 0 Å². The number of fused-ring (bicyclic) bond motifs is 1. The summed E-state index contributed by atoms with van der Waals surface area (Å²) in [6.07, 6.45) is 15.7. The van der Waals surface area contributed by atoms with Gasteiger partial charge in [-0.25, -0.2) is 0 Å². The maximum Gasteiger partial charge on any atom is 0.162 e. The molecule has 0 saturated heterocycles. The summed E-state index contributed by atoms with van der Waals surface area (Å²) in [6.45, 7) is 11.1. The maximum absolute atomic E-state index is 12.2. The zero-order valence-electron chi connectivity index (χ0n) is 28.2. The van der Waals surface area contributed by atoms with Gasteiger partial charge in [-0.2, -0.15) is 0 Å². The first-order valence-electron chi connectivity index (χ1n) is 17.5. The van der Waals surface area contributed by atoms with E-state index >= 15 is 0 Å². The number of rotatable bonds is 5. The Morgan fingerprint density at radius 2 is 1.33 bits per heavy atom. The first-order valence-corrected chi connectivity index (χ1v) is 17.5. The second-order valence-corrected chi connectivity index (χ2v) is 14.7. The van der Waals surface area contributed by atoms with E-state index < -0.39 is 0 Å². The third kappa shape index (κ3) is 10.4. The Morgan fingerprint density at radius 1 is 0.761 bits per heavy atom. The number of hydrogen-bond acceptors (Lipinski definition) is 3. The van der Waals surface area contributed by atoms with Crippen molar-refractivity contribution in [2.24, 2.45) is 29.6 Å². The number of carbonyl (C=O) groups is 1. The minimum absolute atomic E-state index is 0. The third-order valence-electron chi connectivity index (χ3n) is 10.8. The topological polar surface area (TPSA) is 50.2 Å². The van der Waals surface area contributed by atoms with Crippen LogP contribution in [0.1, 0.15) is 128 Å². The van der Waals surface area contributed by atoms with Crippen LogP contribution in [0.3, 0.4) is 0 Å².